The van der Waals surface area contributed by atoms with Gasteiger partial charge in [-0.25, -0.2) is 0 Å². The Bertz CT molecular complexity index is 473. The lowest BCUT2D eigenvalue weighted by Gasteiger charge is -2.38. The minimum Gasteiger partial charge on any atom is -0.325 e. The Morgan fingerprint density at radius 1 is 1.15 bits per heavy atom. The standard InChI is InChI=1S/C17H24N2O/c1-12-8-9-15(13(2)10-12)19-11-18-16(17(19)20)14-6-4-3-5-7-14/h3-7,12-13,15-16,18H,8-11H2,1-2H3. The van der Waals surface area contributed by atoms with Gasteiger partial charge in [-0.15, -0.1) is 0 Å². The molecule has 1 heterocycles. The van der Waals surface area contributed by atoms with E-state index in [-0.39, 0.29) is 11.9 Å². The average Bonchev–Trinajstić information content (AvgIpc) is 2.82. The molecule has 0 bridgehead atoms. The first kappa shape index (κ1) is 13.6. The van der Waals surface area contributed by atoms with Crippen LogP contribution >= 0.6 is 0 Å². The van der Waals surface area contributed by atoms with E-state index in [1.165, 1.54) is 12.8 Å². The Morgan fingerprint density at radius 3 is 2.60 bits per heavy atom. The summed E-state index contributed by atoms with van der Waals surface area (Å²) in [4.78, 5) is 14.8. The van der Waals surface area contributed by atoms with Crippen LogP contribution in [0, 0.1) is 11.8 Å². The van der Waals surface area contributed by atoms with Gasteiger partial charge in [0.05, 0.1) is 6.67 Å². The molecule has 20 heavy (non-hydrogen) atoms. The Kier molecular flexibility index (Phi) is 3.79. The smallest absolute Gasteiger partial charge is 0.245 e. The van der Waals surface area contributed by atoms with Gasteiger partial charge < -0.3 is 4.90 Å². The molecule has 2 aliphatic rings. The fourth-order valence-electron chi connectivity index (χ4n) is 3.82. The van der Waals surface area contributed by atoms with Gasteiger partial charge in [0, 0.05) is 6.04 Å². The summed E-state index contributed by atoms with van der Waals surface area (Å²) >= 11 is 0. The highest BCUT2D eigenvalue weighted by Crippen LogP contribution is 2.34. The molecule has 1 aliphatic heterocycles. The molecule has 3 rings (SSSR count). The molecule has 108 valence electrons. The van der Waals surface area contributed by atoms with E-state index in [4.69, 9.17) is 0 Å². The Morgan fingerprint density at radius 2 is 1.90 bits per heavy atom. The highest BCUT2D eigenvalue weighted by atomic mass is 16.2. The van der Waals surface area contributed by atoms with Crippen LogP contribution in [0.15, 0.2) is 30.3 Å². The van der Waals surface area contributed by atoms with Crippen molar-refractivity contribution in [1.29, 1.82) is 0 Å². The van der Waals surface area contributed by atoms with E-state index in [2.05, 4.69) is 24.1 Å². The summed E-state index contributed by atoms with van der Waals surface area (Å²) in [5, 5.41) is 3.38. The van der Waals surface area contributed by atoms with Crippen molar-refractivity contribution in [3.63, 3.8) is 0 Å². The van der Waals surface area contributed by atoms with Crippen LogP contribution in [0.2, 0.25) is 0 Å². The van der Waals surface area contributed by atoms with Crippen LogP contribution in [-0.2, 0) is 4.79 Å². The van der Waals surface area contributed by atoms with Gasteiger partial charge >= 0.3 is 0 Å². The minimum atomic E-state index is -0.150. The highest BCUT2D eigenvalue weighted by Gasteiger charge is 2.39. The second kappa shape index (κ2) is 5.57. The summed E-state index contributed by atoms with van der Waals surface area (Å²) in [6.45, 7) is 5.31. The molecule has 2 fully saturated rings. The van der Waals surface area contributed by atoms with Crippen LogP contribution in [0.25, 0.3) is 0 Å². The lowest BCUT2D eigenvalue weighted by molar-refractivity contribution is -0.132. The Hall–Kier alpha value is -1.35. The van der Waals surface area contributed by atoms with Crippen LogP contribution in [0.4, 0.5) is 0 Å². The number of benzene rings is 1. The molecule has 1 aromatic rings. The van der Waals surface area contributed by atoms with E-state index in [0.29, 0.717) is 18.6 Å². The summed E-state index contributed by atoms with van der Waals surface area (Å²) in [6, 6.07) is 10.3. The number of hydrogen-bond acceptors (Lipinski definition) is 2. The number of nitrogens with one attached hydrogen (secondary N) is 1. The minimum absolute atomic E-state index is 0.150. The van der Waals surface area contributed by atoms with Crippen molar-refractivity contribution in [3.8, 4) is 0 Å². The van der Waals surface area contributed by atoms with E-state index in [1.807, 2.05) is 30.3 Å². The molecule has 3 heteroatoms. The fraction of sp³-hybridized carbons (Fsp3) is 0.588. The summed E-state index contributed by atoms with van der Waals surface area (Å²) in [5.74, 6) is 1.67. The third-order valence-electron chi connectivity index (χ3n) is 4.92. The van der Waals surface area contributed by atoms with Crippen LogP contribution < -0.4 is 5.32 Å². The molecule has 1 saturated carbocycles. The molecule has 4 atom stereocenters. The SMILES string of the molecule is CC1CCC(N2CNC(c3ccccc3)C2=O)C(C)C1. The second-order valence-electron chi connectivity index (χ2n) is 6.48. The van der Waals surface area contributed by atoms with Gasteiger partial charge in [0.1, 0.15) is 6.04 Å². The quantitative estimate of drug-likeness (QED) is 0.897. The van der Waals surface area contributed by atoms with Gasteiger partial charge in [-0.05, 0) is 36.7 Å². The predicted molar refractivity (Wildman–Crippen MR) is 80.0 cm³/mol. The lowest BCUT2D eigenvalue weighted by Crippen LogP contribution is -2.44. The monoisotopic (exact) mass is 272 g/mol. The van der Waals surface area contributed by atoms with Crippen molar-refractivity contribution in [1.82, 2.24) is 10.2 Å². The normalized spacial score (nSPS) is 34.5. The third-order valence-corrected chi connectivity index (χ3v) is 4.92. The van der Waals surface area contributed by atoms with Gasteiger partial charge in [-0.2, -0.15) is 0 Å². The first-order valence-electron chi connectivity index (χ1n) is 7.75. The molecular weight excluding hydrogens is 248 g/mol. The van der Waals surface area contributed by atoms with Gasteiger partial charge in [-0.1, -0.05) is 44.2 Å². The second-order valence-corrected chi connectivity index (χ2v) is 6.48. The molecule has 1 N–H and O–H groups in total. The molecule has 0 radical (unpaired) electrons. The van der Waals surface area contributed by atoms with Gasteiger partial charge in [0.25, 0.3) is 0 Å². The first-order chi connectivity index (χ1) is 9.66. The number of carbonyl (C=O) groups excluding carboxylic acids is 1. The molecule has 1 aromatic carbocycles. The number of rotatable bonds is 2. The average molecular weight is 272 g/mol. The van der Waals surface area contributed by atoms with E-state index < -0.39 is 0 Å². The number of amides is 1. The summed E-state index contributed by atoms with van der Waals surface area (Å²) in [7, 11) is 0. The first-order valence-corrected chi connectivity index (χ1v) is 7.75. The van der Waals surface area contributed by atoms with Crippen LogP contribution in [0.5, 0.6) is 0 Å². The summed E-state index contributed by atoms with van der Waals surface area (Å²) < 4.78 is 0. The van der Waals surface area contributed by atoms with Gasteiger partial charge in [-0.3, -0.25) is 10.1 Å². The zero-order valence-corrected chi connectivity index (χ0v) is 12.4. The summed E-state index contributed by atoms with van der Waals surface area (Å²) in [6.07, 6.45) is 3.64. The number of nitrogens with zero attached hydrogens (tertiary/aromatic N) is 1. The van der Waals surface area contributed by atoms with Crippen molar-refractivity contribution in [3.05, 3.63) is 35.9 Å². The van der Waals surface area contributed by atoms with E-state index in [9.17, 15) is 4.79 Å². The van der Waals surface area contributed by atoms with Crippen LogP contribution in [0.3, 0.4) is 0 Å². The lowest BCUT2D eigenvalue weighted by atomic mass is 9.79. The van der Waals surface area contributed by atoms with Crippen LogP contribution in [-0.4, -0.2) is 23.5 Å². The largest absolute Gasteiger partial charge is 0.325 e. The zero-order chi connectivity index (χ0) is 14.1. The fourth-order valence-corrected chi connectivity index (χ4v) is 3.82. The zero-order valence-electron chi connectivity index (χ0n) is 12.4. The molecular formula is C17H24N2O. The van der Waals surface area contributed by atoms with E-state index in [0.717, 1.165) is 17.9 Å². The van der Waals surface area contributed by atoms with Crippen molar-refractivity contribution in [2.75, 3.05) is 6.67 Å². The molecule has 0 aromatic heterocycles. The molecule has 1 aliphatic carbocycles. The maximum Gasteiger partial charge on any atom is 0.245 e. The third kappa shape index (κ3) is 2.47. The maximum atomic E-state index is 12.7. The van der Waals surface area contributed by atoms with Crippen molar-refractivity contribution < 1.29 is 4.79 Å². The molecule has 0 spiro atoms. The van der Waals surface area contributed by atoms with Crippen molar-refractivity contribution in [2.45, 2.75) is 45.2 Å². The molecule has 1 saturated heterocycles. The van der Waals surface area contributed by atoms with E-state index >= 15 is 0 Å². The number of carbonyl (C=O) groups is 1. The van der Waals surface area contributed by atoms with Gasteiger partial charge in [0.15, 0.2) is 0 Å². The van der Waals surface area contributed by atoms with E-state index in [1.54, 1.807) is 0 Å². The maximum absolute atomic E-state index is 12.7. The number of hydrogen-bond donors (Lipinski definition) is 1. The summed E-state index contributed by atoms with van der Waals surface area (Å²) in [5.41, 5.74) is 1.08. The highest BCUT2D eigenvalue weighted by molar-refractivity contribution is 5.85. The molecule has 1 amide bonds. The predicted octanol–water partition coefficient (Wildman–Crippen LogP) is 2.94. The molecule has 3 nitrogen and oxygen atoms in total. The topological polar surface area (TPSA) is 32.3 Å². The van der Waals surface area contributed by atoms with Crippen molar-refractivity contribution in [2.24, 2.45) is 11.8 Å². The van der Waals surface area contributed by atoms with Crippen molar-refractivity contribution >= 4 is 5.91 Å². The Labute approximate surface area is 121 Å². The molecule has 4 unspecified atom stereocenters. The van der Waals surface area contributed by atoms with Gasteiger partial charge in [0.2, 0.25) is 5.91 Å². The van der Waals surface area contributed by atoms with Crippen LogP contribution in [0.1, 0.15) is 44.7 Å². The Balaban J connectivity index is 1.73.